The molecule has 2 N–H and O–H groups in total. The van der Waals surface area contributed by atoms with E-state index >= 15 is 0 Å². The molecular weight excluding hydrogens is 379 g/mol. The van der Waals surface area contributed by atoms with Crippen molar-refractivity contribution < 1.29 is 19.1 Å². The number of nitrogens with one attached hydrogen (secondary N) is 2. The predicted molar refractivity (Wildman–Crippen MR) is 101 cm³/mol. The van der Waals surface area contributed by atoms with Gasteiger partial charge in [0.25, 0.3) is 0 Å². The van der Waals surface area contributed by atoms with Crippen molar-refractivity contribution in [3.8, 4) is 0 Å². The third-order valence-corrected chi connectivity index (χ3v) is 3.86. The fraction of sp³-hybridized carbons (Fsp3) is 0.167. The maximum absolute atomic E-state index is 12.0. The normalized spacial score (nSPS) is 10.1. The number of esters is 1. The summed E-state index contributed by atoms with van der Waals surface area (Å²) in [5.74, 6) is -1.52. The summed E-state index contributed by atoms with van der Waals surface area (Å²) in [5, 5.41) is 5.63. The summed E-state index contributed by atoms with van der Waals surface area (Å²) in [6.07, 6.45) is -0.415. The highest BCUT2D eigenvalue weighted by Crippen LogP contribution is 2.29. The average molecular weight is 395 g/mol. The molecule has 0 heterocycles. The number of rotatable bonds is 6. The maximum atomic E-state index is 12.0. The number of hydrogen-bond acceptors (Lipinski definition) is 4. The van der Waals surface area contributed by atoms with Crippen molar-refractivity contribution in [2.45, 2.75) is 13.3 Å². The van der Waals surface area contributed by atoms with Crippen LogP contribution in [0, 0.1) is 0 Å². The Hall–Kier alpha value is -2.57. The molecule has 0 fully saturated rings. The lowest BCUT2D eigenvalue weighted by Crippen LogP contribution is -2.21. The van der Waals surface area contributed by atoms with Crippen LogP contribution in [-0.4, -0.2) is 24.4 Å². The molecule has 6 nitrogen and oxygen atoms in total. The molecule has 0 saturated carbocycles. The summed E-state index contributed by atoms with van der Waals surface area (Å²) in [5.41, 5.74) is 1.08. The van der Waals surface area contributed by atoms with E-state index in [0.29, 0.717) is 11.3 Å². The monoisotopic (exact) mass is 394 g/mol. The molecule has 0 saturated heterocycles. The first-order valence-electron chi connectivity index (χ1n) is 7.71. The highest BCUT2D eigenvalue weighted by atomic mass is 35.5. The van der Waals surface area contributed by atoms with Gasteiger partial charge in [0.2, 0.25) is 11.8 Å². The minimum atomic E-state index is -0.555. The molecule has 2 aromatic carbocycles. The van der Waals surface area contributed by atoms with Gasteiger partial charge in [-0.05, 0) is 43.3 Å². The molecule has 26 heavy (non-hydrogen) atoms. The van der Waals surface area contributed by atoms with Gasteiger partial charge in [-0.1, -0.05) is 29.3 Å². The van der Waals surface area contributed by atoms with Crippen LogP contribution in [-0.2, 0) is 14.3 Å². The fourth-order valence-electron chi connectivity index (χ4n) is 2.06. The van der Waals surface area contributed by atoms with Crippen molar-refractivity contribution >= 4 is 52.4 Å². The molecule has 0 aliphatic rings. The molecule has 2 aromatic rings. The van der Waals surface area contributed by atoms with Gasteiger partial charge in [0.15, 0.2) is 0 Å². The van der Waals surface area contributed by atoms with Crippen LogP contribution in [0.3, 0.4) is 0 Å². The van der Waals surface area contributed by atoms with Crippen molar-refractivity contribution in [1.82, 2.24) is 0 Å². The van der Waals surface area contributed by atoms with E-state index in [-0.39, 0.29) is 22.3 Å². The van der Waals surface area contributed by atoms with Gasteiger partial charge in [0.1, 0.15) is 6.42 Å². The number of amides is 2. The molecule has 0 atom stereocenters. The van der Waals surface area contributed by atoms with Gasteiger partial charge in [0, 0.05) is 5.69 Å². The van der Waals surface area contributed by atoms with E-state index in [1.165, 1.54) is 12.1 Å². The number of hydrogen-bond donors (Lipinski definition) is 2. The van der Waals surface area contributed by atoms with Gasteiger partial charge in [-0.3, -0.25) is 9.59 Å². The quantitative estimate of drug-likeness (QED) is 0.569. The number of carbonyl (C=O) groups is 3. The molecule has 0 bridgehead atoms. The zero-order valence-corrected chi connectivity index (χ0v) is 15.4. The van der Waals surface area contributed by atoms with E-state index in [4.69, 9.17) is 27.9 Å². The van der Waals surface area contributed by atoms with E-state index in [1.54, 1.807) is 37.3 Å². The van der Waals surface area contributed by atoms with Crippen LogP contribution in [0.2, 0.25) is 10.0 Å². The second-order valence-electron chi connectivity index (χ2n) is 5.17. The Morgan fingerprint density at radius 2 is 1.50 bits per heavy atom. The summed E-state index contributed by atoms with van der Waals surface area (Å²) in [4.78, 5) is 35.5. The van der Waals surface area contributed by atoms with Gasteiger partial charge >= 0.3 is 5.97 Å². The van der Waals surface area contributed by atoms with Gasteiger partial charge in [0.05, 0.1) is 27.9 Å². The third-order valence-electron chi connectivity index (χ3n) is 3.23. The number of halogens is 2. The van der Waals surface area contributed by atoms with Crippen LogP contribution in [0.5, 0.6) is 0 Å². The second-order valence-corrected chi connectivity index (χ2v) is 5.98. The standard InChI is InChI=1S/C18H16Cl2N2O4/c1-2-26-18(25)11-6-8-12(9-7-11)21-15(23)10-16(24)22-17-13(19)4-3-5-14(17)20/h3-9H,2,10H2,1H3,(H,21,23)(H,22,24). The molecule has 0 unspecified atom stereocenters. The summed E-state index contributed by atoms with van der Waals surface area (Å²) in [7, 11) is 0. The largest absolute Gasteiger partial charge is 0.462 e. The molecule has 2 amide bonds. The van der Waals surface area contributed by atoms with E-state index < -0.39 is 24.2 Å². The maximum Gasteiger partial charge on any atom is 0.338 e. The van der Waals surface area contributed by atoms with Crippen LogP contribution >= 0.6 is 23.2 Å². The lowest BCUT2D eigenvalue weighted by Gasteiger charge is -2.09. The summed E-state index contributed by atoms with van der Waals surface area (Å²) < 4.78 is 4.88. The van der Waals surface area contributed by atoms with Crippen molar-refractivity contribution in [3.63, 3.8) is 0 Å². The third kappa shape index (κ3) is 5.47. The van der Waals surface area contributed by atoms with Crippen LogP contribution in [0.4, 0.5) is 11.4 Å². The molecule has 0 aromatic heterocycles. The van der Waals surface area contributed by atoms with Crippen molar-refractivity contribution in [2.75, 3.05) is 17.2 Å². The Morgan fingerprint density at radius 1 is 0.923 bits per heavy atom. The number of carbonyl (C=O) groups excluding carboxylic acids is 3. The second kappa shape index (κ2) is 9.22. The fourth-order valence-corrected chi connectivity index (χ4v) is 2.55. The average Bonchev–Trinajstić information content (AvgIpc) is 2.59. The van der Waals surface area contributed by atoms with E-state index in [2.05, 4.69) is 10.6 Å². The highest BCUT2D eigenvalue weighted by Gasteiger charge is 2.14. The predicted octanol–water partition coefficient (Wildman–Crippen LogP) is 4.14. The van der Waals surface area contributed by atoms with Gasteiger partial charge in [-0.15, -0.1) is 0 Å². The van der Waals surface area contributed by atoms with E-state index in [0.717, 1.165) is 0 Å². The van der Waals surface area contributed by atoms with Crippen LogP contribution < -0.4 is 10.6 Å². The van der Waals surface area contributed by atoms with Gasteiger partial charge in [-0.25, -0.2) is 4.79 Å². The molecule has 0 radical (unpaired) electrons. The minimum absolute atomic E-state index is 0.257. The van der Waals surface area contributed by atoms with E-state index in [1.807, 2.05) is 0 Å². The Kier molecular flexibility index (Phi) is 7.00. The van der Waals surface area contributed by atoms with Crippen molar-refractivity contribution in [2.24, 2.45) is 0 Å². The first kappa shape index (κ1) is 19.8. The Morgan fingerprint density at radius 3 is 2.08 bits per heavy atom. The number of para-hydroxylation sites is 1. The zero-order valence-electron chi connectivity index (χ0n) is 13.8. The van der Waals surface area contributed by atoms with Gasteiger partial charge in [-0.2, -0.15) is 0 Å². The van der Waals surface area contributed by atoms with E-state index in [9.17, 15) is 14.4 Å². The van der Waals surface area contributed by atoms with Crippen LogP contribution in [0.1, 0.15) is 23.7 Å². The Balaban J connectivity index is 1.92. The lowest BCUT2D eigenvalue weighted by molar-refractivity contribution is -0.123. The summed E-state index contributed by atoms with van der Waals surface area (Å²) in [6.45, 7) is 2.00. The molecule has 136 valence electrons. The first-order valence-corrected chi connectivity index (χ1v) is 8.47. The first-order chi connectivity index (χ1) is 12.4. The molecule has 8 heteroatoms. The Bertz CT molecular complexity index is 802. The highest BCUT2D eigenvalue weighted by molar-refractivity contribution is 6.39. The molecule has 0 aliphatic heterocycles. The smallest absolute Gasteiger partial charge is 0.338 e. The zero-order chi connectivity index (χ0) is 19.1. The molecule has 0 spiro atoms. The molecular formula is C18H16Cl2N2O4. The van der Waals surface area contributed by atoms with Crippen LogP contribution in [0.15, 0.2) is 42.5 Å². The number of anilines is 2. The SMILES string of the molecule is CCOC(=O)c1ccc(NC(=O)CC(=O)Nc2c(Cl)cccc2Cl)cc1. The van der Waals surface area contributed by atoms with Gasteiger partial charge < -0.3 is 15.4 Å². The summed E-state index contributed by atoms with van der Waals surface area (Å²) in [6, 6.07) is 10.9. The number of benzene rings is 2. The Labute approximate surface area is 160 Å². The van der Waals surface area contributed by atoms with Crippen molar-refractivity contribution in [3.05, 3.63) is 58.1 Å². The van der Waals surface area contributed by atoms with Crippen LogP contribution in [0.25, 0.3) is 0 Å². The van der Waals surface area contributed by atoms with Crippen molar-refractivity contribution in [1.29, 1.82) is 0 Å². The lowest BCUT2D eigenvalue weighted by atomic mass is 10.2. The molecule has 2 rings (SSSR count). The topological polar surface area (TPSA) is 84.5 Å². The molecule has 0 aliphatic carbocycles. The minimum Gasteiger partial charge on any atom is -0.462 e. The summed E-state index contributed by atoms with van der Waals surface area (Å²) >= 11 is 11.9. The number of ether oxygens (including phenoxy) is 1.